The third-order valence-electron chi connectivity index (χ3n) is 4.88. The van der Waals surface area contributed by atoms with Crippen molar-refractivity contribution in [3.05, 3.63) is 82.9 Å². The van der Waals surface area contributed by atoms with Crippen LogP contribution in [0.15, 0.2) is 60.7 Å². The molecule has 124 valence electrons. The van der Waals surface area contributed by atoms with Gasteiger partial charge in [0, 0.05) is 45.8 Å². The fourth-order valence-corrected chi connectivity index (χ4v) is 3.84. The summed E-state index contributed by atoms with van der Waals surface area (Å²) in [5.74, 6) is 1.20. The molecule has 0 aromatic heterocycles. The van der Waals surface area contributed by atoms with Crippen LogP contribution >= 0.6 is 0 Å². The Balaban J connectivity index is 1.90. The molecule has 2 aliphatic heterocycles. The number of ether oxygens (including phenoxy) is 2. The van der Waals surface area contributed by atoms with Gasteiger partial charge in [-0.05, 0) is 24.3 Å². The minimum absolute atomic E-state index is 0.591. The molecule has 1 atom stereocenters. The van der Waals surface area contributed by atoms with Gasteiger partial charge in [-0.2, -0.15) is 0 Å². The highest BCUT2D eigenvalue weighted by Crippen LogP contribution is 2.58. The summed E-state index contributed by atoms with van der Waals surface area (Å²) in [5.41, 5.74) is 15.4. The van der Waals surface area contributed by atoms with Crippen LogP contribution in [0.5, 0.6) is 11.5 Å². The van der Waals surface area contributed by atoms with Crippen LogP contribution in [0, 0.1) is 0 Å². The SMILES string of the molecule is Nc1ccc2c(c1)Oc1cc(N)ccc1C21OC(O)c2ccccc21. The zero-order chi connectivity index (χ0) is 17.2. The number of benzene rings is 3. The second-order valence-electron chi connectivity index (χ2n) is 6.35. The van der Waals surface area contributed by atoms with Crippen LogP contribution in [0.4, 0.5) is 11.4 Å². The Morgan fingerprint density at radius 2 is 1.40 bits per heavy atom. The van der Waals surface area contributed by atoms with E-state index in [1.165, 1.54) is 0 Å². The van der Waals surface area contributed by atoms with Crippen molar-refractivity contribution in [1.82, 2.24) is 0 Å². The Labute approximate surface area is 144 Å². The minimum atomic E-state index is -1.02. The van der Waals surface area contributed by atoms with Crippen LogP contribution in [0.1, 0.15) is 28.5 Å². The van der Waals surface area contributed by atoms with Crippen molar-refractivity contribution in [3.63, 3.8) is 0 Å². The van der Waals surface area contributed by atoms with E-state index in [0.29, 0.717) is 22.9 Å². The van der Waals surface area contributed by atoms with Crippen LogP contribution in [-0.2, 0) is 10.3 Å². The number of rotatable bonds is 0. The molecule has 0 saturated carbocycles. The van der Waals surface area contributed by atoms with Crippen molar-refractivity contribution in [2.45, 2.75) is 11.9 Å². The smallest absolute Gasteiger partial charge is 0.183 e. The maximum absolute atomic E-state index is 10.5. The van der Waals surface area contributed by atoms with Gasteiger partial charge in [-0.1, -0.05) is 24.3 Å². The first kappa shape index (κ1) is 14.3. The van der Waals surface area contributed by atoms with Gasteiger partial charge in [-0.25, -0.2) is 0 Å². The van der Waals surface area contributed by atoms with Crippen LogP contribution in [0.25, 0.3) is 0 Å². The number of nitrogens with two attached hydrogens (primary N) is 2. The van der Waals surface area contributed by atoms with Crippen LogP contribution in [-0.4, -0.2) is 5.11 Å². The number of hydrogen-bond donors (Lipinski definition) is 3. The van der Waals surface area contributed by atoms with Gasteiger partial charge < -0.3 is 26.0 Å². The van der Waals surface area contributed by atoms with Crippen LogP contribution < -0.4 is 16.2 Å². The fraction of sp³-hybridized carbons (Fsp3) is 0.100. The molecule has 5 nitrogen and oxygen atoms in total. The summed E-state index contributed by atoms with van der Waals surface area (Å²) in [6.07, 6.45) is -1.02. The third kappa shape index (κ3) is 1.79. The molecule has 25 heavy (non-hydrogen) atoms. The molecule has 0 fully saturated rings. The quantitative estimate of drug-likeness (QED) is 0.550. The lowest BCUT2D eigenvalue weighted by Gasteiger charge is -2.37. The number of nitrogen functional groups attached to an aromatic ring is 2. The van der Waals surface area contributed by atoms with Gasteiger partial charge in [0.15, 0.2) is 11.9 Å². The predicted octanol–water partition coefficient (Wildman–Crippen LogP) is 3.27. The Hall–Kier alpha value is -3.02. The Bertz CT molecular complexity index is 964. The molecular weight excluding hydrogens is 316 g/mol. The second-order valence-corrected chi connectivity index (χ2v) is 6.35. The van der Waals surface area contributed by atoms with E-state index in [-0.39, 0.29) is 0 Å². The normalized spacial score (nSPS) is 19.0. The van der Waals surface area contributed by atoms with Gasteiger partial charge >= 0.3 is 0 Å². The predicted molar refractivity (Wildman–Crippen MR) is 94.2 cm³/mol. The highest BCUT2D eigenvalue weighted by Gasteiger charge is 2.52. The molecule has 0 bridgehead atoms. The summed E-state index contributed by atoms with van der Waals surface area (Å²) in [6, 6.07) is 18.6. The van der Waals surface area contributed by atoms with Crippen molar-refractivity contribution < 1.29 is 14.6 Å². The molecule has 1 spiro atoms. The highest BCUT2D eigenvalue weighted by atomic mass is 16.6. The van der Waals surface area contributed by atoms with Gasteiger partial charge in [0.2, 0.25) is 0 Å². The average Bonchev–Trinajstić information content (AvgIpc) is 2.88. The number of fused-ring (bicyclic) bond motifs is 6. The third-order valence-corrected chi connectivity index (χ3v) is 4.88. The molecule has 2 heterocycles. The molecule has 5 heteroatoms. The first-order chi connectivity index (χ1) is 12.1. The lowest BCUT2D eigenvalue weighted by molar-refractivity contribution is -0.142. The zero-order valence-electron chi connectivity index (χ0n) is 13.3. The number of hydrogen-bond acceptors (Lipinski definition) is 5. The molecule has 5 N–H and O–H groups in total. The highest BCUT2D eigenvalue weighted by molar-refractivity contribution is 5.68. The lowest BCUT2D eigenvalue weighted by atomic mass is 9.77. The monoisotopic (exact) mass is 332 g/mol. The molecule has 2 aliphatic rings. The first-order valence-corrected chi connectivity index (χ1v) is 8.03. The molecule has 1 unspecified atom stereocenters. The van der Waals surface area contributed by atoms with Gasteiger partial charge in [0.05, 0.1) is 0 Å². The van der Waals surface area contributed by atoms with Gasteiger partial charge in [-0.3, -0.25) is 0 Å². The Kier molecular flexibility index (Phi) is 2.72. The van der Waals surface area contributed by atoms with E-state index in [4.69, 9.17) is 20.9 Å². The van der Waals surface area contributed by atoms with Crippen molar-refractivity contribution in [1.29, 1.82) is 0 Å². The first-order valence-electron chi connectivity index (χ1n) is 8.03. The molecule has 0 aliphatic carbocycles. The molecule has 3 aromatic carbocycles. The standard InChI is InChI=1S/C20H16N2O3/c21-11-5-7-15-17(9-11)24-18-10-12(22)6-8-16(18)20(15)14-4-2-1-3-13(14)19(23)25-20/h1-10,19,23H,21-22H2. The molecule has 0 amide bonds. The van der Waals surface area contributed by atoms with Crippen molar-refractivity contribution in [2.75, 3.05) is 11.5 Å². The van der Waals surface area contributed by atoms with Gasteiger partial charge in [0.1, 0.15) is 11.5 Å². The average molecular weight is 332 g/mol. The van der Waals surface area contributed by atoms with E-state index in [1.54, 1.807) is 12.1 Å². The summed E-state index contributed by atoms with van der Waals surface area (Å²) in [7, 11) is 0. The van der Waals surface area contributed by atoms with Crippen LogP contribution in [0.2, 0.25) is 0 Å². The minimum Gasteiger partial charge on any atom is -0.456 e. The van der Waals surface area contributed by atoms with E-state index < -0.39 is 11.9 Å². The van der Waals surface area contributed by atoms with Crippen molar-refractivity contribution >= 4 is 11.4 Å². The summed E-state index contributed by atoms with van der Waals surface area (Å²) in [6.45, 7) is 0. The Morgan fingerprint density at radius 1 is 0.800 bits per heavy atom. The van der Waals surface area contributed by atoms with E-state index in [1.807, 2.05) is 48.5 Å². The van der Waals surface area contributed by atoms with E-state index in [0.717, 1.165) is 22.3 Å². The summed E-state index contributed by atoms with van der Waals surface area (Å²) in [5, 5.41) is 10.5. The summed E-state index contributed by atoms with van der Waals surface area (Å²) < 4.78 is 12.2. The molecule has 3 aromatic rings. The number of aliphatic hydroxyl groups excluding tert-OH is 1. The Morgan fingerprint density at radius 3 is 2.04 bits per heavy atom. The molecule has 0 saturated heterocycles. The van der Waals surface area contributed by atoms with E-state index in [9.17, 15) is 5.11 Å². The molecule has 5 rings (SSSR count). The van der Waals surface area contributed by atoms with Gasteiger partial charge in [-0.15, -0.1) is 0 Å². The largest absolute Gasteiger partial charge is 0.456 e. The van der Waals surface area contributed by atoms with Crippen molar-refractivity contribution in [2.24, 2.45) is 0 Å². The zero-order valence-corrected chi connectivity index (χ0v) is 13.3. The van der Waals surface area contributed by atoms with E-state index >= 15 is 0 Å². The topological polar surface area (TPSA) is 90.7 Å². The molecule has 0 radical (unpaired) electrons. The summed E-state index contributed by atoms with van der Waals surface area (Å²) >= 11 is 0. The van der Waals surface area contributed by atoms with Crippen LogP contribution in [0.3, 0.4) is 0 Å². The number of aliphatic hydroxyl groups is 1. The molecular formula is C20H16N2O3. The maximum atomic E-state index is 10.5. The fourth-order valence-electron chi connectivity index (χ4n) is 3.84. The summed E-state index contributed by atoms with van der Waals surface area (Å²) in [4.78, 5) is 0. The maximum Gasteiger partial charge on any atom is 0.183 e. The second kappa shape index (κ2) is 4.75. The van der Waals surface area contributed by atoms with Gasteiger partial charge in [0.25, 0.3) is 0 Å². The van der Waals surface area contributed by atoms with Crippen molar-refractivity contribution in [3.8, 4) is 11.5 Å². The number of anilines is 2. The van der Waals surface area contributed by atoms with E-state index in [2.05, 4.69) is 0 Å². The lowest BCUT2D eigenvalue weighted by Crippen LogP contribution is -2.32.